The lowest BCUT2D eigenvalue weighted by Crippen LogP contribution is -2.26. The van der Waals surface area contributed by atoms with Crippen LogP contribution in [0.1, 0.15) is 0 Å². The van der Waals surface area contributed by atoms with Crippen LogP contribution >= 0.6 is 0 Å². The average molecular weight is 298 g/mol. The standard InChI is InChI=1S/C17H22N4O/c1-21(15-6-4-3-5-7-15)13-12-19-17(18)20-14-8-10-16(22-2)11-9-14/h3-11H,12-13H2,1-2H3,(H3,18,19,20). The number of nitrogens with one attached hydrogen (secondary N) is 1. The minimum Gasteiger partial charge on any atom is -0.497 e. The Morgan fingerprint density at radius 1 is 1.14 bits per heavy atom. The quantitative estimate of drug-likeness (QED) is 0.635. The van der Waals surface area contributed by atoms with E-state index in [-0.39, 0.29) is 0 Å². The molecule has 0 heterocycles. The van der Waals surface area contributed by atoms with Gasteiger partial charge in [-0.1, -0.05) is 18.2 Å². The summed E-state index contributed by atoms with van der Waals surface area (Å²) in [5.74, 6) is 1.22. The molecule has 0 bridgehead atoms. The number of guanidine groups is 1. The number of benzene rings is 2. The van der Waals surface area contributed by atoms with Crippen LogP contribution in [-0.4, -0.2) is 33.2 Å². The van der Waals surface area contributed by atoms with E-state index in [1.54, 1.807) is 7.11 Å². The monoisotopic (exact) mass is 298 g/mol. The van der Waals surface area contributed by atoms with Crippen LogP contribution in [0.3, 0.4) is 0 Å². The summed E-state index contributed by atoms with van der Waals surface area (Å²) in [7, 11) is 3.68. The number of nitrogens with two attached hydrogens (primary N) is 1. The van der Waals surface area contributed by atoms with Gasteiger partial charge in [-0.05, 0) is 36.4 Å². The summed E-state index contributed by atoms with van der Waals surface area (Å²) in [5, 5.41) is 3.06. The van der Waals surface area contributed by atoms with E-state index in [1.165, 1.54) is 5.69 Å². The van der Waals surface area contributed by atoms with Crippen molar-refractivity contribution in [1.29, 1.82) is 0 Å². The first-order valence-electron chi connectivity index (χ1n) is 7.16. The molecule has 2 aromatic carbocycles. The van der Waals surface area contributed by atoms with Crippen LogP contribution in [0.15, 0.2) is 59.6 Å². The van der Waals surface area contributed by atoms with Crippen molar-refractivity contribution in [2.24, 2.45) is 10.7 Å². The normalized spacial score (nSPS) is 11.1. The first kappa shape index (κ1) is 15.7. The Labute approximate surface area is 131 Å². The van der Waals surface area contributed by atoms with Gasteiger partial charge in [0.15, 0.2) is 5.96 Å². The Kier molecular flexibility index (Phi) is 5.65. The van der Waals surface area contributed by atoms with E-state index in [2.05, 4.69) is 27.3 Å². The highest BCUT2D eigenvalue weighted by molar-refractivity contribution is 5.92. The predicted octanol–water partition coefficient (Wildman–Crippen LogP) is 2.56. The summed E-state index contributed by atoms with van der Waals surface area (Å²) in [6.07, 6.45) is 0. The average Bonchev–Trinajstić information content (AvgIpc) is 2.56. The number of hydrogen-bond acceptors (Lipinski definition) is 3. The fraction of sp³-hybridized carbons (Fsp3) is 0.235. The van der Waals surface area contributed by atoms with Crippen LogP contribution in [0.2, 0.25) is 0 Å². The number of para-hydroxylation sites is 1. The molecule has 0 amide bonds. The van der Waals surface area contributed by atoms with Gasteiger partial charge in [0.1, 0.15) is 5.75 Å². The summed E-state index contributed by atoms with van der Waals surface area (Å²) in [4.78, 5) is 6.48. The Morgan fingerprint density at radius 2 is 1.82 bits per heavy atom. The molecule has 0 spiro atoms. The number of likely N-dealkylation sites (N-methyl/N-ethyl adjacent to an activating group) is 1. The van der Waals surface area contributed by atoms with Gasteiger partial charge in [0.25, 0.3) is 0 Å². The van der Waals surface area contributed by atoms with Gasteiger partial charge in [-0.2, -0.15) is 0 Å². The van der Waals surface area contributed by atoms with Crippen molar-refractivity contribution in [3.05, 3.63) is 54.6 Å². The van der Waals surface area contributed by atoms with Crippen molar-refractivity contribution in [3.63, 3.8) is 0 Å². The third-order valence-electron chi connectivity index (χ3n) is 3.28. The van der Waals surface area contributed by atoms with Crippen molar-refractivity contribution in [2.75, 3.05) is 37.5 Å². The van der Waals surface area contributed by atoms with E-state index in [0.717, 1.165) is 18.0 Å². The number of hydrogen-bond donors (Lipinski definition) is 2. The Morgan fingerprint density at radius 3 is 2.45 bits per heavy atom. The molecule has 0 unspecified atom stereocenters. The van der Waals surface area contributed by atoms with Crippen LogP contribution in [-0.2, 0) is 0 Å². The van der Waals surface area contributed by atoms with E-state index in [9.17, 15) is 0 Å². The molecular weight excluding hydrogens is 276 g/mol. The second-order valence-corrected chi connectivity index (χ2v) is 4.88. The fourth-order valence-corrected chi connectivity index (χ4v) is 1.99. The van der Waals surface area contributed by atoms with Crippen LogP contribution in [0.25, 0.3) is 0 Å². The third kappa shape index (κ3) is 4.70. The summed E-state index contributed by atoms with van der Waals surface area (Å²) in [6, 6.07) is 17.7. The molecule has 2 aromatic rings. The van der Waals surface area contributed by atoms with Gasteiger partial charge in [0.05, 0.1) is 13.7 Å². The van der Waals surface area contributed by atoms with Crippen molar-refractivity contribution in [2.45, 2.75) is 0 Å². The highest BCUT2D eigenvalue weighted by Gasteiger charge is 1.99. The molecular formula is C17H22N4O. The van der Waals surface area contributed by atoms with E-state index >= 15 is 0 Å². The van der Waals surface area contributed by atoms with E-state index in [4.69, 9.17) is 10.5 Å². The van der Waals surface area contributed by atoms with Crippen LogP contribution in [0.4, 0.5) is 11.4 Å². The molecule has 0 saturated carbocycles. The van der Waals surface area contributed by atoms with E-state index < -0.39 is 0 Å². The smallest absolute Gasteiger partial charge is 0.193 e. The van der Waals surface area contributed by atoms with Gasteiger partial charge in [-0.15, -0.1) is 0 Å². The Balaban J connectivity index is 1.82. The fourth-order valence-electron chi connectivity index (χ4n) is 1.99. The lowest BCUT2D eigenvalue weighted by molar-refractivity contribution is 0.415. The van der Waals surface area contributed by atoms with Gasteiger partial charge in [-0.25, -0.2) is 0 Å². The van der Waals surface area contributed by atoms with Crippen molar-refractivity contribution < 1.29 is 4.74 Å². The summed E-state index contributed by atoms with van der Waals surface area (Å²) >= 11 is 0. The number of nitrogens with zero attached hydrogens (tertiary/aromatic N) is 2. The zero-order chi connectivity index (χ0) is 15.8. The molecule has 5 nitrogen and oxygen atoms in total. The minimum absolute atomic E-state index is 0.409. The zero-order valence-corrected chi connectivity index (χ0v) is 13.0. The van der Waals surface area contributed by atoms with Crippen molar-refractivity contribution in [3.8, 4) is 5.75 Å². The zero-order valence-electron chi connectivity index (χ0n) is 13.0. The molecule has 0 aliphatic rings. The molecule has 0 aromatic heterocycles. The predicted molar refractivity (Wildman–Crippen MR) is 92.8 cm³/mol. The van der Waals surface area contributed by atoms with Crippen LogP contribution in [0, 0.1) is 0 Å². The molecule has 0 saturated heterocycles. The maximum Gasteiger partial charge on any atom is 0.193 e. The lowest BCUT2D eigenvalue weighted by Gasteiger charge is -2.18. The van der Waals surface area contributed by atoms with Crippen LogP contribution < -0.4 is 20.7 Å². The number of rotatable bonds is 6. The van der Waals surface area contributed by atoms with Gasteiger partial charge >= 0.3 is 0 Å². The highest BCUT2D eigenvalue weighted by atomic mass is 16.5. The molecule has 0 aliphatic carbocycles. The van der Waals surface area contributed by atoms with E-state index in [1.807, 2.05) is 49.5 Å². The lowest BCUT2D eigenvalue weighted by atomic mass is 10.3. The second-order valence-electron chi connectivity index (χ2n) is 4.88. The summed E-state index contributed by atoms with van der Waals surface area (Å²) < 4.78 is 5.11. The molecule has 22 heavy (non-hydrogen) atoms. The number of ether oxygens (including phenoxy) is 1. The first-order valence-corrected chi connectivity index (χ1v) is 7.16. The van der Waals surface area contributed by atoms with Gasteiger partial charge in [0, 0.05) is 25.0 Å². The molecule has 0 atom stereocenters. The third-order valence-corrected chi connectivity index (χ3v) is 3.28. The highest BCUT2D eigenvalue weighted by Crippen LogP contribution is 2.14. The summed E-state index contributed by atoms with van der Waals surface area (Å²) in [6.45, 7) is 1.43. The van der Waals surface area contributed by atoms with Gasteiger partial charge in [-0.3, -0.25) is 4.99 Å². The molecule has 2 rings (SSSR count). The molecule has 3 N–H and O–H groups in total. The van der Waals surface area contributed by atoms with Crippen molar-refractivity contribution >= 4 is 17.3 Å². The molecule has 0 radical (unpaired) electrons. The number of aliphatic imine (C=N–C) groups is 1. The SMILES string of the molecule is COc1ccc(NC(N)=NCCN(C)c2ccccc2)cc1. The maximum atomic E-state index is 5.89. The number of anilines is 2. The second kappa shape index (κ2) is 7.93. The molecule has 0 fully saturated rings. The topological polar surface area (TPSA) is 62.9 Å². The molecule has 0 aliphatic heterocycles. The summed E-state index contributed by atoms with van der Waals surface area (Å²) in [5.41, 5.74) is 7.94. The largest absolute Gasteiger partial charge is 0.497 e. The Bertz CT molecular complexity index is 596. The van der Waals surface area contributed by atoms with Crippen LogP contribution in [0.5, 0.6) is 5.75 Å². The van der Waals surface area contributed by atoms with Crippen molar-refractivity contribution in [1.82, 2.24) is 0 Å². The number of methoxy groups -OCH3 is 1. The maximum absolute atomic E-state index is 5.89. The first-order chi connectivity index (χ1) is 10.7. The molecule has 5 heteroatoms. The van der Waals surface area contributed by atoms with E-state index in [0.29, 0.717) is 12.5 Å². The van der Waals surface area contributed by atoms with Gasteiger partial charge in [0.2, 0.25) is 0 Å². The molecule has 116 valence electrons. The Hall–Kier alpha value is -2.69. The minimum atomic E-state index is 0.409. The van der Waals surface area contributed by atoms with Gasteiger partial charge < -0.3 is 20.7 Å².